The zero-order valence-electron chi connectivity index (χ0n) is 10.7. The highest BCUT2D eigenvalue weighted by atomic mass is 79.9. The second kappa shape index (κ2) is 8.58. The molecule has 0 saturated carbocycles. The molecule has 0 bridgehead atoms. The van der Waals surface area contributed by atoms with Gasteiger partial charge in [0.05, 0.1) is 24.5 Å². The maximum Gasteiger partial charge on any atom is 0.230 e. The van der Waals surface area contributed by atoms with Crippen LogP contribution in [0.5, 0.6) is 0 Å². The fourth-order valence-corrected chi connectivity index (χ4v) is 2.49. The lowest BCUT2D eigenvalue weighted by Gasteiger charge is -2.14. The van der Waals surface area contributed by atoms with Crippen molar-refractivity contribution in [2.24, 2.45) is 0 Å². The number of nitrogens with one attached hydrogen (secondary N) is 1. The Morgan fingerprint density at radius 2 is 2.05 bits per heavy atom. The number of benzene rings is 1. The van der Waals surface area contributed by atoms with Gasteiger partial charge in [0.15, 0.2) is 0 Å². The van der Waals surface area contributed by atoms with Crippen molar-refractivity contribution < 1.29 is 15.0 Å². The molecule has 0 aliphatic heterocycles. The molecular weight excluding hydrogens is 330 g/mol. The molecule has 106 valence electrons. The van der Waals surface area contributed by atoms with Crippen LogP contribution >= 0.6 is 27.7 Å². The summed E-state index contributed by atoms with van der Waals surface area (Å²) in [5, 5.41) is 20.7. The molecule has 2 atom stereocenters. The van der Waals surface area contributed by atoms with E-state index < -0.39 is 6.10 Å². The van der Waals surface area contributed by atoms with Crippen molar-refractivity contribution in [3.8, 4) is 0 Å². The molecule has 3 N–H and O–H groups in total. The molecule has 0 aliphatic rings. The number of thioether (sulfide) groups is 1. The van der Waals surface area contributed by atoms with Crippen molar-refractivity contribution >= 4 is 33.6 Å². The lowest BCUT2D eigenvalue weighted by Crippen LogP contribution is -2.29. The van der Waals surface area contributed by atoms with Crippen LogP contribution in [0.15, 0.2) is 28.7 Å². The summed E-state index contributed by atoms with van der Waals surface area (Å²) in [4.78, 5) is 11.7. The van der Waals surface area contributed by atoms with Crippen molar-refractivity contribution in [3.05, 3.63) is 34.3 Å². The number of aliphatic hydroxyl groups excluding tert-OH is 2. The van der Waals surface area contributed by atoms with E-state index in [0.29, 0.717) is 5.75 Å². The second-order valence-corrected chi connectivity index (χ2v) is 6.14. The molecule has 1 aromatic carbocycles. The number of carbonyl (C=O) groups excluding carboxylic acids is 1. The van der Waals surface area contributed by atoms with Gasteiger partial charge in [-0.1, -0.05) is 28.1 Å². The highest BCUT2D eigenvalue weighted by Crippen LogP contribution is 2.16. The van der Waals surface area contributed by atoms with Gasteiger partial charge >= 0.3 is 0 Å². The molecule has 1 amide bonds. The minimum atomic E-state index is -0.762. The van der Waals surface area contributed by atoms with Crippen LogP contribution in [-0.2, 0) is 4.79 Å². The average molecular weight is 348 g/mol. The summed E-state index contributed by atoms with van der Waals surface area (Å²) in [6.07, 6.45) is -0.762. The Labute approximate surface area is 125 Å². The smallest absolute Gasteiger partial charge is 0.230 e. The van der Waals surface area contributed by atoms with Crippen LogP contribution in [0.25, 0.3) is 0 Å². The highest BCUT2D eigenvalue weighted by molar-refractivity contribution is 9.10. The monoisotopic (exact) mass is 347 g/mol. The van der Waals surface area contributed by atoms with Crippen molar-refractivity contribution in [3.63, 3.8) is 0 Å². The molecule has 0 heterocycles. The molecule has 0 aromatic heterocycles. The van der Waals surface area contributed by atoms with E-state index in [0.717, 1.165) is 10.0 Å². The third-order valence-electron chi connectivity index (χ3n) is 2.50. The first-order valence-corrected chi connectivity index (χ1v) is 7.89. The zero-order valence-corrected chi connectivity index (χ0v) is 13.1. The first kappa shape index (κ1) is 16.5. The lowest BCUT2D eigenvalue weighted by molar-refractivity contribution is -0.119. The number of amides is 1. The molecule has 0 spiro atoms. The van der Waals surface area contributed by atoms with Crippen LogP contribution in [0.2, 0.25) is 0 Å². The Morgan fingerprint density at radius 3 is 2.63 bits per heavy atom. The van der Waals surface area contributed by atoms with Crippen LogP contribution in [0.1, 0.15) is 18.5 Å². The van der Waals surface area contributed by atoms with E-state index in [1.54, 1.807) is 0 Å². The summed E-state index contributed by atoms with van der Waals surface area (Å²) in [5.74, 6) is 0.555. The zero-order chi connectivity index (χ0) is 14.3. The Balaban J connectivity index is 2.33. The van der Waals surface area contributed by atoms with Gasteiger partial charge in [0.2, 0.25) is 5.91 Å². The van der Waals surface area contributed by atoms with E-state index in [4.69, 9.17) is 10.2 Å². The van der Waals surface area contributed by atoms with E-state index in [1.165, 1.54) is 11.8 Å². The Hall–Kier alpha value is -0.560. The van der Waals surface area contributed by atoms with E-state index in [2.05, 4.69) is 21.2 Å². The van der Waals surface area contributed by atoms with E-state index in [9.17, 15) is 4.79 Å². The topological polar surface area (TPSA) is 69.6 Å². The van der Waals surface area contributed by atoms with Gasteiger partial charge in [-0.3, -0.25) is 4.79 Å². The summed E-state index contributed by atoms with van der Waals surface area (Å²) in [5.41, 5.74) is 1.04. The predicted octanol–water partition coefficient (Wildman–Crippen LogP) is 1.71. The number of carbonyl (C=O) groups is 1. The van der Waals surface area contributed by atoms with E-state index in [-0.39, 0.29) is 24.3 Å². The summed E-state index contributed by atoms with van der Waals surface area (Å²) >= 11 is 4.67. The molecule has 2 unspecified atom stereocenters. The Morgan fingerprint density at radius 1 is 1.42 bits per heavy atom. The maximum absolute atomic E-state index is 11.7. The number of hydrogen-bond donors (Lipinski definition) is 3. The molecule has 1 rings (SSSR count). The summed E-state index contributed by atoms with van der Waals surface area (Å²) in [6, 6.07) is 7.73. The predicted molar refractivity (Wildman–Crippen MR) is 81.1 cm³/mol. The third-order valence-corrected chi connectivity index (χ3v) is 4.12. The standard InChI is InChI=1S/C13H18BrNO3S/c1-9(10-2-4-11(14)5-3-10)15-13(18)8-19-7-12(17)6-16/h2-5,9,12,16-17H,6-8H2,1H3,(H,15,18). The average Bonchev–Trinajstić information content (AvgIpc) is 2.39. The largest absolute Gasteiger partial charge is 0.394 e. The van der Waals surface area contributed by atoms with Crippen LogP contribution in [-0.4, -0.2) is 40.3 Å². The van der Waals surface area contributed by atoms with Crippen molar-refractivity contribution in [1.82, 2.24) is 5.32 Å². The van der Waals surface area contributed by atoms with Gasteiger partial charge in [0.1, 0.15) is 0 Å². The minimum absolute atomic E-state index is 0.0519. The highest BCUT2D eigenvalue weighted by Gasteiger charge is 2.10. The second-order valence-electron chi connectivity index (χ2n) is 4.19. The molecule has 0 fully saturated rings. The number of rotatable bonds is 7. The van der Waals surface area contributed by atoms with Crippen LogP contribution < -0.4 is 5.32 Å². The van der Waals surface area contributed by atoms with Gasteiger partial charge in [-0.05, 0) is 24.6 Å². The number of aliphatic hydroxyl groups is 2. The summed E-state index contributed by atoms with van der Waals surface area (Å²) < 4.78 is 1.00. The van der Waals surface area contributed by atoms with Crippen LogP contribution in [0.4, 0.5) is 0 Å². The van der Waals surface area contributed by atoms with Crippen molar-refractivity contribution in [1.29, 1.82) is 0 Å². The normalized spacial score (nSPS) is 13.9. The summed E-state index contributed by atoms with van der Waals surface area (Å²) in [7, 11) is 0. The molecule has 0 saturated heterocycles. The Bertz CT molecular complexity index is 399. The van der Waals surface area contributed by atoms with Crippen molar-refractivity contribution in [2.75, 3.05) is 18.1 Å². The van der Waals surface area contributed by atoms with E-state index >= 15 is 0 Å². The molecule has 1 aromatic rings. The quantitative estimate of drug-likeness (QED) is 0.702. The van der Waals surface area contributed by atoms with E-state index in [1.807, 2.05) is 31.2 Å². The van der Waals surface area contributed by atoms with Gasteiger partial charge in [0, 0.05) is 10.2 Å². The number of halogens is 1. The molecule has 0 aliphatic carbocycles. The maximum atomic E-state index is 11.7. The van der Waals surface area contributed by atoms with Gasteiger partial charge < -0.3 is 15.5 Å². The van der Waals surface area contributed by atoms with Crippen LogP contribution in [0.3, 0.4) is 0 Å². The fraction of sp³-hybridized carbons (Fsp3) is 0.462. The molecule has 6 heteroatoms. The Kier molecular flexibility index (Phi) is 7.45. The summed E-state index contributed by atoms with van der Waals surface area (Å²) in [6.45, 7) is 1.65. The van der Waals surface area contributed by atoms with Gasteiger partial charge in [0.25, 0.3) is 0 Å². The van der Waals surface area contributed by atoms with Gasteiger partial charge in [-0.2, -0.15) is 0 Å². The number of hydrogen-bond acceptors (Lipinski definition) is 4. The van der Waals surface area contributed by atoms with Crippen molar-refractivity contribution in [2.45, 2.75) is 19.1 Å². The molecule has 4 nitrogen and oxygen atoms in total. The first-order valence-electron chi connectivity index (χ1n) is 5.94. The van der Waals surface area contributed by atoms with Gasteiger partial charge in [-0.15, -0.1) is 11.8 Å². The first-order chi connectivity index (χ1) is 9.02. The molecular formula is C13H18BrNO3S. The lowest BCUT2D eigenvalue weighted by atomic mass is 10.1. The third kappa shape index (κ3) is 6.42. The van der Waals surface area contributed by atoms with Crippen LogP contribution in [0, 0.1) is 0 Å². The fourth-order valence-electron chi connectivity index (χ4n) is 1.46. The van der Waals surface area contributed by atoms with Gasteiger partial charge in [-0.25, -0.2) is 0 Å². The minimum Gasteiger partial charge on any atom is -0.394 e. The SMILES string of the molecule is CC(NC(=O)CSCC(O)CO)c1ccc(Br)cc1. The molecule has 19 heavy (non-hydrogen) atoms. The molecule has 0 radical (unpaired) electrons.